The van der Waals surface area contributed by atoms with E-state index in [1.54, 1.807) is 39.8 Å². The molecule has 8 nitrogen and oxygen atoms in total. The number of halogens is 2. The van der Waals surface area contributed by atoms with E-state index in [0.29, 0.717) is 16.1 Å². The quantitative estimate of drug-likeness (QED) is 0.490. The molecule has 3 heterocycles. The summed E-state index contributed by atoms with van der Waals surface area (Å²) in [7, 11) is 0. The zero-order chi connectivity index (χ0) is 26.4. The van der Waals surface area contributed by atoms with E-state index in [0.717, 1.165) is 31.5 Å². The summed E-state index contributed by atoms with van der Waals surface area (Å²) in [5, 5.41) is 14.2. The first-order valence-corrected chi connectivity index (χ1v) is 12.8. The van der Waals surface area contributed by atoms with Crippen LogP contribution >= 0.6 is 23.2 Å². The van der Waals surface area contributed by atoms with Gasteiger partial charge in [0.25, 0.3) is 5.91 Å². The molecule has 36 heavy (non-hydrogen) atoms. The summed E-state index contributed by atoms with van der Waals surface area (Å²) in [4.78, 5) is 31.4. The molecule has 1 aromatic heterocycles. The number of nitrogens with two attached hydrogens (primary N) is 1. The second-order valence-corrected chi connectivity index (χ2v) is 11.5. The molecule has 194 valence electrons. The Morgan fingerprint density at radius 1 is 1.11 bits per heavy atom. The van der Waals surface area contributed by atoms with Crippen molar-refractivity contribution in [1.29, 1.82) is 0 Å². The van der Waals surface area contributed by atoms with Crippen LogP contribution in [0.1, 0.15) is 69.3 Å². The average molecular weight is 535 g/mol. The van der Waals surface area contributed by atoms with Crippen LogP contribution in [0.15, 0.2) is 30.5 Å². The highest BCUT2D eigenvalue weighted by atomic mass is 35.5. The Kier molecular flexibility index (Phi) is 7.16. The van der Waals surface area contributed by atoms with Crippen LogP contribution in [-0.4, -0.2) is 45.6 Å². The van der Waals surface area contributed by atoms with E-state index in [-0.39, 0.29) is 34.8 Å². The zero-order valence-corrected chi connectivity index (χ0v) is 22.4. The number of anilines is 1. The van der Waals surface area contributed by atoms with Gasteiger partial charge < -0.3 is 25.8 Å². The molecule has 4 rings (SSSR count). The first-order valence-electron chi connectivity index (χ1n) is 12.0. The Morgan fingerprint density at radius 2 is 1.75 bits per heavy atom. The van der Waals surface area contributed by atoms with E-state index in [9.17, 15) is 14.7 Å². The van der Waals surface area contributed by atoms with Crippen molar-refractivity contribution < 1.29 is 19.4 Å². The summed E-state index contributed by atoms with van der Waals surface area (Å²) < 4.78 is 6.05. The van der Waals surface area contributed by atoms with Gasteiger partial charge in [0.2, 0.25) is 5.91 Å². The van der Waals surface area contributed by atoms with Crippen molar-refractivity contribution in [2.75, 3.05) is 4.90 Å². The molecule has 2 amide bonds. The van der Waals surface area contributed by atoms with Gasteiger partial charge in [-0.2, -0.15) is 0 Å². The standard InChI is InChI=1S/C26H32Cl2N4O4/c1-25(2,35)18-11-21(20(28)12-19(18)27)36-26(3,4)24(34)31-15-9-16-6-7-17(10-15)32(16)22-8-5-14(13-30-22)23(29)33/h5,8,11-13,15-17,35H,6-7,9-10H2,1-4H3,(H2,29,33)(H,31,34)/t15?,16-,17+. The fourth-order valence-electron chi connectivity index (χ4n) is 5.11. The summed E-state index contributed by atoms with van der Waals surface area (Å²) in [6.07, 6.45) is 5.09. The molecule has 3 atom stereocenters. The van der Waals surface area contributed by atoms with Crippen LogP contribution in [0.5, 0.6) is 5.75 Å². The molecule has 1 aromatic carbocycles. The summed E-state index contributed by atoms with van der Waals surface area (Å²) in [6, 6.07) is 7.09. The zero-order valence-electron chi connectivity index (χ0n) is 20.8. The van der Waals surface area contributed by atoms with E-state index in [1.165, 1.54) is 12.3 Å². The summed E-state index contributed by atoms with van der Waals surface area (Å²) in [5.74, 6) is 0.346. The van der Waals surface area contributed by atoms with Crippen molar-refractivity contribution in [3.63, 3.8) is 0 Å². The highest BCUT2D eigenvalue weighted by Crippen LogP contribution is 2.40. The van der Waals surface area contributed by atoms with Crippen LogP contribution in [0.3, 0.4) is 0 Å². The summed E-state index contributed by atoms with van der Waals surface area (Å²) >= 11 is 12.6. The maximum absolute atomic E-state index is 13.3. The van der Waals surface area contributed by atoms with Gasteiger partial charge in [0, 0.05) is 34.9 Å². The number of piperidine rings is 1. The van der Waals surface area contributed by atoms with E-state index in [4.69, 9.17) is 33.7 Å². The first kappa shape index (κ1) is 26.5. The van der Waals surface area contributed by atoms with E-state index in [2.05, 4.69) is 15.2 Å². The fourth-order valence-corrected chi connectivity index (χ4v) is 5.76. The molecule has 0 aliphatic carbocycles. The summed E-state index contributed by atoms with van der Waals surface area (Å²) in [6.45, 7) is 6.61. The molecule has 2 aromatic rings. The maximum atomic E-state index is 13.3. The van der Waals surface area contributed by atoms with Crippen LogP contribution < -0.4 is 20.7 Å². The number of ether oxygens (including phenoxy) is 1. The number of pyridine rings is 1. The monoisotopic (exact) mass is 534 g/mol. The van der Waals surface area contributed by atoms with Gasteiger partial charge >= 0.3 is 0 Å². The number of primary amides is 1. The highest BCUT2D eigenvalue weighted by molar-refractivity contribution is 6.36. The number of nitrogens with zero attached hydrogens (tertiary/aromatic N) is 2. The van der Waals surface area contributed by atoms with E-state index < -0.39 is 17.1 Å². The van der Waals surface area contributed by atoms with Gasteiger partial charge in [0.05, 0.1) is 16.2 Å². The third-order valence-electron chi connectivity index (χ3n) is 6.96. The second kappa shape index (κ2) is 9.72. The van der Waals surface area contributed by atoms with Gasteiger partial charge in [-0.05, 0) is 77.6 Å². The number of aromatic nitrogens is 1. The number of nitrogens with one attached hydrogen (secondary N) is 1. The largest absolute Gasteiger partial charge is 0.476 e. The average Bonchev–Trinajstić information content (AvgIpc) is 3.05. The van der Waals surface area contributed by atoms with Crippen molar-refractivity contribution in [2.24, 2.45) is 5.73 Å². The van der Waals surface area contributed by atoms with Gasteiger partial charge in [-0.1, -0.05) is 23.2 Å². The maximum Gasteiger partial charge on any atom is 0.263 e. The molecule has 10 heteroatoms. The van der Waals surface area contributed by atoms with Gasteiger partial charge in [0.15, 0.2) is 5.60 Å². The van der Waals surface area contributed by atoms with Crippen LogP contribution in [0.2, 0.25) is 10.0 Å². The Labute approximate surface area is 221 Å². The Morgan fingerprint density at radius 3 is 2.28 bits per heavy atom. The molecule has 2 bridgehead atoms. The minimum atomic E-state index is -1.21. The van der Waals surface area contributed by atoms with Gasteiger partial charge in [-0.15, -0.1) is 0 Å². The molecule has 0 spiro atoms. The van der Waals surface area contributed by atoms with Crippen molar-refractivity contribution >= 4 is 40.8 Å². The van der Waals surface area contributed by atoms with Gasteiger partial charge in [-0.25, -0.2) is 4.98 Å². The number of hydrogen-bond acceptors (Lipinski definition) is 6. The topological polar surface area (TPSA) is 118 Å². The minimum absolute atomic E-state index is 0.00774. The predicted octanol–water partition coefficient (Wildman–Crippen LogP) is 4.19. The lowest BCUT2D eigenvalue weighted by molar-refractivity contribution is -0.135. The molecule has 2 saturated heterocycles. The number of carbonyl (C=O) groups excluding carboxylic acids is 2. The molecular weight excluding hydrogens is 503 g/mol. The Hall–Kier alpha value is -2.55. The smallest absolute Gasteiger partial charge is 0.263 e. The third kappa shape index (κ3) is 5.41. The lowest BCUT2D eigenvalue weighted by atomic mass is 9.96. The van der Waals surface area contributed by atoms with Crippen LogP contribution in [0, 0.1) is 0 Å². The van der Waals surface area contributed by atoms with E-state index in [1.807, 2.05) is 6.07 Å². The Bertz CT molecular complexity index is 1150. The van der Waals surface area contributed by atoms with E-state index >= 15 is 0 Å². The third-order valence-corrected chi connectivity index (χ3v) is 7.57. The molecule has 1 unspecified atom stereocenters. The van der Waals surface area contributed by atoms with Crippen molar-refractivity contribution in [2.45, 2.75) is 82.7 Å². The van der Waals surface area contributed by atoms with Crippen molar-refractivity contribution in [3.05, 3.63) is 51.6 Å². The van der Waals surface area contributed by atoms with Crippen LogP contribution in [0.4, 0.5) is 5.82 Å². The fraction of sp³-hybridized carbons (Fsp3) is 0.500. The number of hydrogen-bond donors (Lipinski definition) is 3. The molecule has 0 saturated carbocycles. The molecule has 4 N–H and O–H groups in total. The predicted molar refractivity (Wildman–Crippen MR) is 140 cm³/mol. The Balaban J connectivity index is 1.43. The summed E-state index contributed by atoms with van der Waals surface area (Å²) in [5.41, 5.74) is 3.76. The lowest BCUT2D eigenvalue weighted by Gasteiger charge is -2.41. The molecule has 2 aliphatic heterocycles. The number of rotatable bonds is 7. The minimum Gasteiger partial charge on any atom is -0.476 e. The molecule has 2 aliphatic rings. The van der Waals surface area contributed by atoms with Crippen molar-refractivity contribution in [3.8, 4) is 5.75 Å². The number of aliphatic hydroxyl groups is 1. The molecule has 0 radical (unpaired) electrons. The van der Waals surface area contributed by atoms with Crippen molar-refractivity contribution in [1.82, 2.24) is 10.3 Å². The number of benzene rings is 1. The SMILES string of the molecule is CC(C)(Oc1cc(C(C)(C)O)c(Cl)cc1Cl)C(=O)NC1C[C@H]2CC[C@@H](C1)N2c1ccc(C(N)=O)cn1. The number of fused-ring (bicyclic) bond motifs is 2. The van der Waals surface area contributed by atoms with Gasteiger partial charge in [0.1, 0.15) is 11.6 Å². The van der Waals surface area contributed by atoms with Gasteiger partial charge in [-0.3, -0.25) is 9.59 Å². The number of amides is 2. The van der Waals surface area contributed by atoms with Crippen LogP contribution in [-0.2, 0) is 10.4 Å². The highest BCUT2D eigenvalue weighted by Gasteiger charge is 2.43. The number of carbonyl (C=O) groups is 2. The first-order chi connectivity index (χ1) is 16.8. The second-order valence-electron chi connectivity index (χ2n) is 10.6. The lowest BCUT2D eigenvalue weighted by Crippen LogP contribution is -2.55. The van der Waals surface area contributed by atoms with Crippen LogP contribution in [0.25, 0.3) is 0 Å². The molecule has 2 fully saturated rings. The molecular formula is C26H32Cl2N4O4. The normalized spacial score (nSPS) is 21.9.